The standard InChI is InChI=1S/C20H18ClFN2O2S/c1-12-17(19(23-26-12)18-15(21)5-4-6-16(18)22)20(25)24(2)11-13-7-9-14(27-3)10-8-13/h4-10H,11H2,1-3H3. The summed E-state index contributed by atoms with van der Waals surface area (Å²) < 4.78 is 19.5. The van der Waals surface area contributed by atoms with Crippen molar-refractivity contribution in [1.82, 2.24) is 10.1 Å². The zero-order chi connectivity index (χ0) is 19.6. The van der Waals surface area contributed by atoms with Gasteiger partial charge in [0.15, 0.2) is 0 Å². The maximum Gasteiger partial charge on any atom is 0.259 e. The fraction of sp³-hybridized carbons (Fsp3) is 0.200. The van der Waals surface area contributed by atoms with E-state index in [-0.39, 0.29) is 27.8 Å². The molecule has 0 unspecified atom stereocenters. The number of benzene rings is 2. The number of hydrogen-bond donors (Lipinski definition) is 0. The number of nitrogens with zero attached hydrogens (tertiary/aromatic N) is 2. The summed E-state index contributed by atoms with van der Waals surface area (Å²) >= 11 is 7.80. The lowest BCUT2D eigenvalue weighted by Gasteiger charge is -2.18. The smallest absolute Gasteiger partial charge is 0.259 e. The van der Waals surface area contributed by atoms with Crippen molar-refractivity contribution in [3.05, 3.63) is 70.2 Å². The third-order valence-electron chi connectivity index (χ3n) is 4.20. The highest BCUT2D eigenvalue weighted by molar-refractivity contribution is 7.98. The number of aromatic nitrogens is 1. The summed E-state index contributed by atoms with van der Waals surface area (Å²) in [5.74, 6) is -0.545. The van der Waals surface area contributed by atoms with Crippen molar-refractivity contribution in [2.45, 2.75) is 18.4 Å². The molecule has 0 N–H and O–H groups in total. The Bertz CT molecular complexity index is 952. The molecule has 27 heavy (non-hydrogen) atoms. The van der Waals surface area contributed by atoms with E-state index in [2.05, 4.69) is 5.16 Å². The minimum atomic E-state index is -0.555. The normalized spacial score (nSPS) is 10.9. The topological polar surface area (TPSA) is 46.3 Å². The van der Waals surface area contributed by atoms with Gasteiger partial charge in [0.2, 0.25) is 0 Å². The van der Waals surface area contributed by atoms with Crippen LogP contribution in [0.2, 0.25) is 5.02 Å². The number of halogens is 2. The van der Waals surface area contributed by atoms with Gasteiger partial charge >= 0.3 is 0 Å². The molecule has 0 saturated heterocycles. The largest absolute Gasteiger partial charge is 0.360 e. The maximum atomic E-state index is 14.3. The van der Waals surface area contributed by atoms with E-state index in [1.54, 1.807) is 36.7 Å². The van der Waals surface area contributed by atoms with E-state index in [9.17, 15) is 9.18 Å². The van der Waals surface area contributed by atoms with Crippen LogP contribution in [-0.4, -0.2) is 29.3 Å². The van der Waals surface area contributed by atoms with Gasteiger partial charge in [-0.25, -0.2) is 4.39 Å². The maximum absolute atomic E-state index is 14.3. The Morgan fingerprint density at radius 2 is 1.96 bits per heavy atom. The molecule has 0 fully saturated rings. The molecule has 0 atom stereocenters. The predicted octanol–water partition coefficient (Wildman–Crippen LogP) is 5.44. The molecule has 4 nitrogen and oxygen atoms in total. The molecule has 1 aromatic heterocycles. The molecule has 0 aliphatic carbocycles. The summed E-state index contributed by atoms with van der Waals surface area (Å²) in [7, 11) is 1.68. The predicted molar refractivity (Wildman–Crippen MR) is 106 cm³/mol. The molecule has 0 aliphatic heterocycles. The number of aryl methyl sites for hydroxylation is 1. The lowest BCUT2D eigenvalue weighted by Crippen LogP contribution is -2.27. The second-order valence-corrected chi connectivity index (χ2v) is 7.36. The number of thioether (sulfide) groups is 1. The first-order valence-electron chi connectivity index (χ1n) is 8.21. The second kappa shape index (κ2) is 8.15. The Kier molecular flexibility index (Phi) is 5.87. The van der Waals surface area contributed by atoms with Crippen LogP contribution in [0.1, 0.15) is 21.7 Å². The fourth-order valence-corrected chi connectivity index (χ4v) is 3.45. The van der Waals surface area contributed by atoms with Crippen molar-refractivity contribution in [3.63, 3.8) is 0 Å². The molecule has 2 aromatic carbocycles. The summed E-state index contributed by atoms with van der Waals surface area (Å²) in [6, 6.07) is 12.3. The molecule has 1 heterocycles. The number of rotatable bonds is 5. The van der Waals surface area contributed by atoms with Crippen LogP contribution in [0.25, 0.3) is 11.3 Å². The molecule has 3 rings (SSSR count). The van der Waals surface area contributed by atoms with Crippen molar-refractivity contribution in [3.8, 4) is 11.3 Å². The SMILES string of the molecule is CSc1ccc(CN(C)C(=O)c2c(-c3c(F)cccc3Cl)noc2C)cc1. The van der Waals surface area contributed by atoms with Crippen LogP contribution in [0.3, 0.4) is 0 Å². The zero-order valence-corrected chi connectivity index (χ0v) is 16.7. The summed E-state index contributed by atoms with van der Waals surface area (Å²) in [6.45, 7) is 2.03. The van der Waals surface area contributed by atoms with Gasteiger partial charge < -0.3 is 9.42 Å². The quantitative estimate of drug-likeness (QED) is 0.531. The minimum Gasteiger partial charge on any atom is -0.360 e. The third-order valence-corrected chi connectivity index (χ3v) is 5.26. The summed E-state index contributed by atoms with van der Waals surface area (Å²) in [5, 5.41) is 4.06. The molecule has 3 aromatic rings. The molecule has 0 spiro atoms. The van der Waals surface area contributed by atoms with E-state index in [1.165, 1.54) is 12.1 Å². The third kappa shape index (κ3) is 4.01. The first-order chi connectivity index (χ1) is 12.9. The summed E-state index contributed by atoms with van der Waals surface area (Å²) in [5.41, 5.74) is 1.38. The molecule has 7 heteroatoms. The Labute approximate surface area is 166 Å². The van der Waals surface area contributed by atoms with Gasteiger partial charge in [0.05, 0.1) is 10.6 Å². The van der Waals surface area contributed by atoms with Crippen LogP contribution in [0.4, 0.5) is 4.39 Å². The van der Waals surface area contributed by atoms with Crippen molar-refractivity contribution >= 4 is 29.3 Å². The highest BCUT2D eigenvalue weighted by Crippen LogP contribution is 2.34. The highest BCUT2D eigenvalue weighted by atomic mass is 35.5. The van der Waals surface area contributed by atoms with Crippen LogP contribution in [-0.2, 0) is 6.54 Å². The van der Waals surface area contributed by atoms with Crippen molar-refractivity contribution in [1.29, 1.82) is 0 Å². The van der Waals surface area contributed by atoms with E-state index < -0.39 is 5.82 Å². The van der Waals surface area contributed by atoms with Gasteiger partial charge in [0.1, 0.15) is 22.8 Å². The molecule has 1 amide bonds. The van der Waals surface area contributed by atoms with Gasteiger partial charge in [-0.3, -0.25) is 4.79 Å². The average molecular weight is 405 g/mol. The molecule has 0 radical (unpaired) electrons. The Hall–Kier alpha value is -2.31. The lowest BCUT2D eigenvalue weighted by atomic mass is 10.0. The van der Waals surface area contributed by atoms with Crippen LogP contribution in [0.15, 0.2) is 51.9 Å². The van der Waals surface area contributed by atoms with E-state index in [0.717, 1.165) is 10.5 Å². The van der Waals surface area contributed by atoms with Gasteiger partial charge in [-0.2, -0.15) is 0 Å². The van der Waals surface area contributed by atoms with Gasteiger partial charge in [0.25, 0.3) is 5.91 Å². The van der Waals surface area contributed by atoms with E-state index in [4.69, 9.17) is 16.1 Å². The van der Waals surface area contributed by atoms with Crippen LogP contribution < -0.4 is 0 Å². The van der Waals surface area contributed by atoms with Gasteiger partial charge in [-0.15, -0.1) is 11.8 Å². The molecule has 0 saturated carbocycles. The van der Waals surface area contributed by atoms with Gasteiger partial charge in [-0.05, 0) is 43.0 Å². The lowest BCUT2D eigenvalue weighted by molar-refractivity contribution is 0.0784. The van der Waals surface area contributed by atoms with Crippen LogP contribution in [0.5, 0.6) is 0 Å². The number of amides is 1. The average Bonchev–Trinajstić information content (AvgIpc) is 3.02. The fourth-order valence-electron chi connectivity index (χ4n) is 2.79. The van der Waals surface area contributed by atoms with Gasteiger partial charge in [0, 0.05) is 18.5 Å². The van der Waals surface area contributed by atoms with Crippen LogP contribution in [0, 0.1) is 12.7 Å². The molecule has 0 aliphatic rings. The molecule has 0 bridgehead atoms. The summed E-state index contributed by atoms with van der Waals surface area (Å²) in [4.78, 5) is 15.7. The van der Waals surface area contributed by atoms with E-state index >= 15 is 0 Å². The number of hydrogen-bond acceptors (Lipinski definition) is 4. The van der Waals surface area contributed by atoms with Crippen molar-refractivity contribution in [2.24, 2.45) is 0 Å². The Morgan fingerprint density at radius 3 is 2.59 bits per heavy atom. The number of carbonyl (C=O) groups is 1. The first kappa shape index (κ1) is 19.5. The Morgan fingerprint density at radius 1 is 1.26 bits per heavy atom. The molecular weight excluding hydrogens is 387 g/mol. The first-order valence-corrected chi connectivity index (χ1v) is 9.81. The summed E-state index contributed by atoms with van der Waals surface area (Å²) in [6.07, 6.45) is 2.01. The van der Waals surface area contributed by atoms with Crippen molar-refractivity contribution in [2.75, 3.05) is 13.3 Å². The monoisotopic (exact) mass is 404 g/mol. The van der Waals surface area contributed by atoms with Gasteiger partial charge in [-0.1, -0.05) is 35.0 Å². The zero-order valence-electron chi connectivity index (χ0n) is 15.1. The van der Waals surface area contributed by atoms with E-state index in [0.29, 0.717) is 12.3 Å². The van der Waals surface area contributed by atoms with Crippen LogP contribution >= 0.6 is 23.4 Å². The minimum absolute atomic E-state index is 0.0668. The van der Waals surface area contributed by atoms with E-state index in [1.807, 2.05) is 30.5 Å². The molecule has 140 valence electrons. The Balaban J connectivity index is 1.91. The molecular formula is C20H18ClFN2O2S. The second-order valence-electron chi connectivity index (χ2n) is 6.07. The van der Waals surface area contributed by atoms with Crippen molar-refractivity contribution < 1.29 is 13.7 Å². The number of carbonyl (C=O) groups excluding carboxylic acids is 1. The highest BCUT2D eigenvalue weighted by Gasteiger charge is 2.27.